The van der Waals surface area contributed by atoms with Crippen LogP contribution in [0.3, 0.4) is 0 Å². The van der Waals surface area contributed by atoms with Gasteiger partial charge in [0.15, 0.2) is 0 Å². The Morgan fingerprint density at radius 1 is 1.47 bits per heavy atom. The van der Waals surface area contributed by atoms with E-state index in [1.807, 2.05) is 0 Å². The highest BCUT2D eigenvalue weighted by molar-refractivity contribution is 6.41. The average Bonchev–Trinajstić information content (AvgIpc) is 2.76. The normalized spacial score (nSPS) is 16.9. The number of rotatable bonds is 4. The van der Waals surface area contributed by atoms with Gasteiger partial charge in [0.1, 0.15) is 10.8 Å². The third kappa shape index (κ3) is 3.63. The van der Waals surface area contributed by atoms with Crippen LogP contribution in [0.15, 0.2) is 6.07 Å². The number of hydrogen-bond donors (Lipinski definition) is 2. The number of nitrogens with one attached hydrogen (secondary N) is 1. The third-order valence-corrected chi connectivity index (χ3v) is 3.82. The summed E-state index contributed by atoms with van der Waals surface area (Å²) in [4.78, 5) is 16.7. The zero-order valence-corrected chi connectivity index (χ0v) is 11.9. The highest BCUT2D eigenvalue weighted by atomic mass is 35.5. The highest BCUT2D eigenvalue weighted by Gasteiger charge is 2.25. The fraction of sp³-hybridized carbons (Fsp3) is 0.583. The Morgan fingerprint density at radius 3 is 2.68 bits per heavy atom. The monoisotopic (exact) mass is 306 g/mol. The van der Waals surface area contributed by atoms with E-state index in [4.69, 9.17) is 33.0 Å². The van der Waals surface area contributed by atoms with Crippen molar-refractivity contribution in [2.24, 2.45) is 0 Å². The number of ether oxygens (including phenoxy) is 1. The lowest BCUT2D eigenvalue weighted by atomic mass is 10.1. The van der Waals surface area contributed by atoms with Gasteiger partial charge in [0, 0.05) is 13.1 Å². The van der Waals surface area contributed by atoms with Crippen molar-refractivity contribution >= 4 is 29.1 Å². The predicted molar refractivity (Wildman–Crippen MR) is 72.8 cm³/mol. The number of hydrogen-bond acceptors (Lipinski definition) is 3. The second-order valence-corrected chi connectivity index (χ2v) is 5.22. The average molecular weight is 307 g/mol. The summed E-state index contributed by atoms with van der Waals surface area (Å²) in [7, 11) is 0. The molecule has 2 N–H and O–H groups in total. The van der Waals surface area contributed by atoms with Gasteiger partial charge in [0.25, 0.3) is 5.91 Å². The largest absolute Gasteiger partial charge is 0.394 e. The molecule has 0 spiro atoms. The van der Waals surface area contributed by atoms with Crippen molar-refractivity contribution in [2.75, 3.05) is 26.3 Å². The molecule has 1 aromatic rings. The molecule has 0 bridgehead atoms. The zero-order valence-electron chi connectivity index (χ0n) is 10.4. The van der Waals surface area contributed by atoms with Gasteiger partial charge < -0.3 is 19.7 Å². The summed E-state index contributed by atoms with van der Waals surface area (Å²) in [6, 6.07) is 1.54. The molecule has 1 aliphatic rings. The minimum atomic E-state index is -0.102. The van der Waals surface area contributed by atoms with E-state index in [9.17, 15) is 4.79 Å². The van der Waals surface area contributed by atoms with Crippen molar-refractivity contribution in [3.05, 3.63) is 21.9 Å². The minimum absolute atomic E-state index is 0.0264. The van der Waals surface area contributed by atoms with E-state index in [0.29, 0.717) is 30.4 Å². The van der Waals surface area contributed by atoms with Crippen LogP contribution in [-0.2, 0) is 4.74 Å². The summed E-state index contributed by atoms with van der Waals surface area (Å²) >= 11 is 11.6. The molecule has 0 aliphatic carbocycles. The van der Waals surface area contributed by atoms with E-state index >= 15 is 0 Å². The lowest BCUT2D eigenvalue weighted by molar-refractivity contribution is -0.00563. The number of aliphatic hydroxyl groups is 1. The van der Waals surface area contributed by atoms with Crippen LogP contribution in [0.25, 0.3) is 0 Å². The number of amides is 1. The predicted octanol–water partition coefficient (Wildman–Crippen LogP) is 1.93. The second-order valence-electron chi connectivity index (χ2n) is 4.43. The topological polar surface area (TPSA) is 65.6 Å². The minimum Gasteiger partial charge on any atom is -0.394 e. The number of aromatic nitrogens is 1. The van der Waals surface area contributed by atoms with E-state index in [0.717, 1.165) is 12.8 Å². The van der Waals surface area contributed by atoms with Crippen LogP contribution in [0, 0.1) is 0 Å². The first-order chi connectivity index (χ1) is 9.11. The number of piperidine rings is 1. The van der Waals surface area contributed by atoms with E-state index < -0.39 is 0 Å². The first-order valence-electron chi connectivity index (χ1n) is 6.17. The molecule has 0 unspecified atom stereocenters. The number of nitrogens with zero attached hydrogens (tertiary/aromatic N) is 1. The Morgan fingerprint density at radius 2 is 2.16 bits per heavy atom. The molecule has 19 heavy (non-hydrogen) atoms. The van der Waals surface area contributed by atoms with Gasteiger partial charge in [0.2, 0.25) is 0 Å². The van der Waals surface area contributed by atoms with Gasteiger partial charge in [-0.2, -0.15) is 0 Å². The van der Waals surface area contributed by atoms with E-state index in [2.05, 4.69) is 4.98 Å². The Labute approximate surface area is 121 Å². The summed E-state index contributed by atoms with van der Waals surface area (Å²) in [5.41, 5.74) is 0.407. The van der Waals surface area contributed by atoms with Gasteiger partial charge in [-0.25, -0.2) is 0 Å². The number of carbonyl (C=O) groups excluding carboxylic acids is 1. The summed E-state index contributed by atoms with van der Waals surface area (Å²) in [6.07, 6.45) is 1.66. The molecular weight excluding hydrogens is 291 g/mol. The van der Waals surface area contributed by atoms with Crippen LogP contribution in [0.4, 0.5) is 0 Å². The standard InChI is InChI=1S/C12H16Cl2N2O3/c13-9-7-10(15-11(9)14)12(18)16-3-1-8(2-4-16)19-6-5-17/h7-8,15,17H,1-6H2. The van der Waals surface area contributed by atoms with Gasteiger partial charge in [0.05, 0.1) is 24.3 Å². The fourth-order valence-corrected chi connectivity index (χ4v) is 2.45. The Balaban J connectivity index is 1.89. The maximum Gasteiger partial charge on any atom is 0.270 e. The molecule has 1 saturated heterocycles. The van der Waals surface area contributed by atoms with Gasteiger partial charge in [-0.05, 0) is 18.9 Å². The van der Waals surface area contributed by atoms with E-state index in [1.165, 1.54) is 0 Å². The molecule has 7 heteroatoms. The summed E-state index contributed by atoms with van der Waals surface area (Å²) < 4.78 is 5.45. The van der Waals surface area contributed by atoms with Crippen molar-refractivity contribution in [1.29, 1.82) is 0 Å². The van der Waals surface area contributed by atoms with Crippen molar-refractivity contribution in [1.82, 2.24) is 9.88 Å². The number of aromatic amines is 1. The molecule has 1 aromatic heterocycles. The number of carbonyl (C=O) groups is 1. The SMILES string of the molecule is O=C(c1cc(Cl)c(Cl)[nH]1)N1CCC(OCCO)CC1. The van der Waals surface area contributed by atoms with Gasteiger partial charge in [-0.1, -0.05) is 23.2 Å². The number of H-pyrrole nitrogens is 1. The Kier molecular flexibility index (Phi) is 5.10. The van der Waals surface area contributed by atoms with Crippen LogP contribution < -0.4 is 0 Å². The summed E-state index contributed by atoms with van der Waals surface area (Å²) in [5, 5.41) is 9.33. The number of aliphatic hydroxyl groups excluding tert-OH is 1. The molecule has 0 aromatic carbocycles. The van der Waals surface area contributed by atoms with Gasteiger partial charge in [-0.3, -0.25) is 4.79 Å². The molecule has 1 fully saturated rings. The maximum absolute atomic E-state index is 12.2. The van der Waals surface area contributed by atoms with Crippen LogP contribution in [0.1, 0.15) is 23.3 Å². The molecule has 106 valence electrons. The molecule has 2 rings (SSSR count). The maximum atomic E-state index is 12.2. The Hall–Kier alpha value is -0.750. The van der Waals surface area contributed by atoms with Crippen LogP contribution in [0.5, 0.6) is 0 Å². The van der Waals surface area contributed by atoms with Gasteiger partial charge >= 0.3 is 0 Å². The molecular formula is C12H16Cl2N2O3. The molecule has 0 saturated carbocycles. The van der Waals surface area contributed by atoms with Crippen molar-refractivity contribution < 1.29 is 14.6 Å². The van der Waals surface area contributed by atoms with E-state index in [1.54, 1.807) is 11.0 Å². The highest BCUT2D eigenvalue weighted by Crippen LogP contribution is 2.23. The third-order valence-electron chi connectivity index (χ3n) is 3.13. The molecule has 0 radical (unpaired) electrons. The summed E-state index contributed by atoms with van der Waals surface area (Å²) in [6.45, 7) is 1.63. The smallest absolute Gasteiger partial charge is 0.270 e. The number of halogens is 2. The molecule has 2 heterocycles. The fourth-order valence-electron chi connectivity index (χ4n) is 2.13. The lowest BCUT2D eigenvalue weighted by Crippen LogP contribution is -2.41. The quantitative estimate of drug-likeness (QED) is 0.893. The second kappa shape index (κ2) is 6.61. The molecule has 1 amide bonds. The van der Waals surface area contributed by atoms with Crippen molar-refractivity contribution in [3.8, 4) is 0 Å². The molecule has 1 aliphatic heterocycles. The van der Waals surface area contributed by atoms with Gasteiger partial charge in [-0.15, -0.1) is 0 Å². The van der Waals surface area contributed by atoms with Crippen LogP contribution in [0.2, 0.25) is 10.2 Å². The van der Waals surface area contributed by atoms with Crippen molar-refractivity contribution in [2.45, 2.75) is 18.9 Å². The zero-order chi connectivity index (χ0) is 13.8. The summed E-state index contributed by atoms with van der Waals surface area (Å²) in [5.74, 6) is -0.102. The lowest BCUT2D eigenvalue weighted by Gasteiger charge is -2.31. The molecule has 5 nitrogen and oxygen atoms in total. The molecule has 0 atom stereocenters. The van der Waals surface area contributed by atoms with Crippen LogP contribution >= 0.6 is 23.2 Å². The number of likely N-dealkylation sites (tertiary alicyclic amines) is 1. The first kappa shape index (κ1) is 14.7. The first-order valence-corrected chi connectivity index (χ1v) is 6.93. The van der Waals surface area contributed by atoms with Crippen molar-refractivity contribution in [3.63, 3.8) is 0 Å². The van der Waals surface area contributed by atoms with Crippen LogP contribution in [-0.4, -0.2) is 53.3 Å². The Bertz CT molecular complexity index is 423. The van der Waals surface area contributed by atoms with E-state index in [-0.39, 0.29) is 23.8 Å².